The lowest BCUT2D eigenvalue weighted by Gasteiger charge is -2.02. The number of nitrogens with two attached hydrogens (primary N) is 1. The molecule has 3 nitrogen and oxygen atoms in total. The Morgan fingerprint density at radius 3 is 2.36 bits per heavy atom. The number of rotatable bonds is 4. The number of carbonyl (C=O) groups is 1. The van der Waals surface area contributed by atoms with Crippen LogP contribution in [0.2, 0.25) is 0 Å². The van der Waals surface area contributed by atoms with Gasteiger partial charge in [-0.25, -0.2) is 0 Å². The summed E-state index contributed by atoms with van der Waals surface area (Å²) in [5, 5.41) is 8.28. The lowest BCUT2D eigenvalue weighted by atomic mass is 10.1. The number of carboxylic acids is 1. The van der Waals surface area contributed by atoms with Crippen molar-refractivity contribution in [1.82, 2.24) is 0 Å². The summed E-state index contributed by atoms with van der Waals surface area (Å²) in [5.41, 5.74) is 5.20. The van der Waals surface area contributed by atoms with Crippen molar-refractivity contribution in [1.29, 1.82) is 0 Å². The molecule has 0 aromatic heterocycles. The van der Waals surface area contributed by atoms with Crippen LogP contribution in [0.25, 0.3) is 0 Å². The Kier molecular flexibility index (Phi) is 11.9. The molecule has 0 rings (SSSR count). The van der Waals surface area contributed by atoms with Crippen molar-refractivity contribution in [3.05, 3.63) is 0 Å². The first kappa shape index (κ1) is 13.4. The van der Waals surface area contributed by atoms with Crippen LogP contribution in [0.5, 0.6) is 0 Å². The van der Waals surface area contributed by atoms with Crippen LogP contribution in [0, 0.1) is 0 Å². The molecule has 0 saturated heterocycles. The minimum Gasteiger partial charge on any atom is -0.480 e. The van der Waals surface area contributed by atoms with Gasteiger partial charge in [0.05, 0.1) is 0 Å². The molecule has 0 spiro atoms. The average molecular weight is 179 g/mol. The molecular weight excluding hydrogens is 162 g/mol. The van der Waals surface area contributed by atoms with E-state index in [0.29, 0.717) is 6.42 Å². The van der Waals surface area contributed by atoms with Gasteiger partial charge in [-0.3, -0.25) is 4.79 Å². The highest BCUT2D eigenvalue weighted by Crippen LogP contribution is 1.96. The zero-order valence-corrected chi connectivity index (χ0v) is 7.97. The van der Waals surface area contributed by atoms with E-state index in [2.05, 4.69) is 12.6 Å². The first-order chi connectivity index (χ1) is 5.18. The van der Waals surface area contributed by atoms with E-state index in [0.717, 1.165) is 12.8 Å². The molecule has 0 fully saturated rings. The summed E-state index contributed by atoms with van der Waals surface area (Å²) in [6.07, 6.45) is 4.18. The Morgan fingerprint density at radius 2 is 2.09 bits per heavy atom. The quantitative estimate of drug-likeness (QED) is 0.567. The summed E-state index contributed by atoms with van der Waals surface area (Å²) >= 11 is 3.53. The summed E-state index contributed by atoms with van der Waals surface area (Å²) < 4.78 is 0. The predicted octanol–water partition coefficient (Wildman–Crippen LogP) is 1.13. The van der Waals surface area contributed by atoms with E-state index in [-0.39, 0.29) is 0 Å². The molecule has 68 valence electrons. The van der Waals surface area contributed by atoms with Crippen molar-refractivity contribution < 1.29 is 9.90 Å². The third kappa shape index (κ3) is 9.78. The van der Waals surface area contributed by atoms with Gasteiger partial charge in [0.15, 0.2) is 0 Å². The molecule has 0 saturated carbocycles. The van der Waals surface area contributed by atoms with Crippen molar-refractivity contribution in [2.45, 2.75) is 32.2 Å². The van der Waals surface area contributed by atoms with Crippen LogP contribution in [0.3, 0.4) is 0 Å². The van der Waals surface area contributed by atoms with Crippen LogP contribution in [-0.2, 0) is 4.79 Å². The second kappa shape index (κ2) is 9.78. The standard InChI is InChI=1S/C6H13NO2.CH4S/c1-2-3-4-5(7)6(8)9;1-2/h5H,2-4,7H2,1H3,(H,8,9);2H,1H3. The summed E-state index contributed by atoms with van der Waals surface area (Å²) in [4.78, 5) is 10.1. The minimum atomic E-state index is -0.900. The Hall–Kier alpha value is -0.220. The van der Waals surface area contributed by atoms with Crippen LogP contribution in [-0.4, -0.2) is 23.4 Å². The van der Waals surface area contributed by atoms with Gasteiger partial charge in [0.2, 0.25) is 0 Å². The normalized spacial score (nSPS) is 11.3. The molecule has 0 aliphatic carbocycles. The fourth-order valence-corrected chi connectivity index (χ4v) is 0.548. The number of hydrogen-bond acceptors (Lipinski definition) is 3. The molecule has 1 unspecified atom stereocenters. The van der Waals surface area contributed by atoms with Crippen molar-refractivity contribution in [3.8, 4) is 0 Å². The van der Waals surface area contributed by atoms with Crippen LogP contribution in [0.15, 0.2) is 0 Å². The summed E-state index contributed by atoms with van der Waals surface area (Å²) in [5.74, 6) is -0.900. The molecule has 0 heterocycles. The fraction of sp³-hybridized carbons (Fsp3) is 0.857. The number of unbranched alkanes of at least 4 members (excludes halogenated alkanes) is 1. The topological polar surface area (TPSA) is 63.3 Å². The second-order valence-corrected chi connectivity index (χ2v) is 2.09. The predicted molar refractivity (Wildman–Crippen MR) is 50.0 cm³/mol. The van der Waals surface area contributed by atoms with Gasteiger partial charge in [0.25, 0.3) is 0 Å². The van der Waals surface area contributed by atoms with E-state index >= 15 is 0 Å². The van der Waals surface area contributed by atoms with Gasteiger partial charge in [0, 0.05) is 0 Å². The zero-order valence-electron chi connectivity index (χ0n) is 7.08. The Labute approximate surface area is 73.4 Å². The molecule has 3 N–H and O–H groups in total. The summed E-state index contributed by atoms with van der Waals surface area (Å²) in [6, 6.07) is -0.662. The van der Waals surface area contributed by atoms with Crippen LogP contribution in [0.4, 0.5) is 0 Å². The molecule has 0 aromatic carbocycles. The summed E-state index contributed by atoms with van der Waals surface area (Å²) in [7, 11) is 0. The molecule has 4 heteroatoms. The second-order valence-electron chi connectivity index (χ2n) is 2.09. The molecule has 0 radical (unpaired) electrons. The lowest BCUT2D eigenvalue weighted by Crippen LogP contribution is -2.29. The molecule has 1 atom stereocenters. The third-order valence-electron chi connectivity index (χ3n) is 1.19. The monoisotopic (exact) mass is 179 g/mol. The molecule has 0 aliphatic rings. The lowest BCUT2D eigenvalue weighted by molar-refractivity contribution is -0.138. The number of thiol groups is 1. The van der Waals surface area contributed by atoms with Crippen molar-refractivity contribution in [2.24, 2.45) is 5.73 Å². The van der Waals surface area contributed by atoms with E-state index in [9.17, 15) is 4.79 Å². The van der Waals surface area contributed by atoms with E-state index in [1.54, 1.807) is 6.26 Å². The van der Waals surface area contributed by atoms with E-state index in [1.807, 2.05) is 6.92 Å². The average Bonchev–Trinajstić information content (AvgIpc) is 2.03. The smallest absolute Gasteiger partial charge is 0.320 e. The molecule has 0 bridgehead atoms. The number of aliphatic carboxylic acids is 1. The maximum Gasteiger partial charge on any atom is 0.320 e. The first-order valence-electron chi connectivity index (χ1n) is 3.61. The van der Waals surface area contributed by atoms with Gasteiger partial charge >= 0.3 is 5.97 Å². The summed E-state index contributed by atoms with van der Waals surface area (Å²) in [6.45, 7) is 2.01. The molecule has 0 aliphatic heterocycles. The third-order valence-corrected chi connectivity index (χ3v) is 1.19. The van der Waals surface area contributed by atoms with E-state index < -0.39 is 12.0 Å². The van der Waals surface area contributed by atoms with Gasteiger partial charge in [-0.1, -0.05) is 19.8 Å². The first-order valence-corrected chi connectivity index (χ1v) is 4.51. The number of carboxylic acid groups (broad SMARTS) is 1. The Bertz CT molecular complexity index is 98.4. The van der Waals surface area contributed by atoms with E-state index in [4.69, 9.17) is 10.8 Å². The zero-order chi connectivity index (χ0) is 9.28. The number of hydrogen-bond donors (Lipinski definition) is 3. The molecule has 0 amide bonds. The maximum absolute atomic E-state index is 10.1. The minimum absolute atomic E-state index is 0.589. The SMILES string of the molecule is CCCCC(N)C(=O)O.CS. The fourth-order valence-electron chi connectivity index (χ4n) is 0.548. The molecule has 11 heavy (non-hydrogen) atoms. The Balaban J connectivity index is 0. The van der Waals surface area contributed by atoms with Gasteiger partial charge in [0.1, 0.15) is 6.04 Å². The largest absolute Gasteiger partial charge is 0.480 e. The van der Waals surface area contributed by atoms with Gasteiger partial charge in [-0.15, -0.1) is 0 Å². The highest BCUT2D eigenvalue weighted by molar-refractivity contribution is 7.79. The van der Waals surface area contributed by atoms with Gasteiger partial charge in [-0.05, 0) is 12.7 Å². The van der Waals surface area contributed by atoms with Crippen LogP contribution in [0.1, 0.15) is 26.2 Å². The van der Waals surface area contributed by atoms with E-state index in [1.165, 1.54) is 0 Å². The Morgan fingerprint density at radius 1 is 1.64 bits per heavy atom. The molecule has 0 aromatic rings. The highest BCUT2D eigenvalue weighted by Gasteiger charge is 2.08. The van der Waals surface area contributed by atoms with Gasteiger partial charge in [-0.2, -0.15) is 12.6 Å². The molecular formula is C7H17NO2S. The van der Waals surface area contributed by atoms with Crippen LogP contribution < -0.4 is 5.73 Å². The highest BCUT2D eigenvalue weighted by atomic mass is 32.1. The maximum atomic E-state index is 10.1. The van der Waals surface area contributed by atoms with Crippen molar-refractivity contribution >= 4 is 18.6 Å². The van der Waals surface area contributed by atoms with Crippen LogP contribution >= 0.6 is 12.6 Å². The van der Waals surface area contributed by atoms with Crippen molar-refractivity contribution in [3.63, 3.8) is 0 Å². The van der Waals surface area contributed by atoms with Crippen molar-refractivity contribution in [2.75, 3.05) is 6.26 Å². The van der Waals surface area contributed by atoms with Gasteiger partial charge < -0.3 is 10.8 Å².